The molecule has 37 heavy (non-hydrogen) atoms. The first-order valence-electron chi connectivity index (χ1n) is 12.3. The summed E-state index contributed by atoms with van der Waals surface area (Å²) in [6.07, 6.45) is 4.33. The summed E-state index contributed by atoms with van der Waals surface area (Å²) in [6, 6.07) is 21.3. The highest BCUT2D eigenvalue weighted by molar-refractivity contribution is 6.03. The fraction of sp³-hybridized carbons (Fsp3) is 0.222. The molecule has 1 unspecified atom stereocenters. The topological polar surface area (TPSA) is 115 Å². The Morgan fingerprint density at radius 1 is 1.05 bits per heavy atom. The number of nitrogens with zero attached hydrogens (tertiary/aromatic N) is 6. The summed E-state index contributed by atoms with van der Waals surface area (Å²) in [4.78, 5) is 13.3. The minimum absolute atomic E-state index is 0.0767. The monoisotopic (exact) mass is 493 g/mol. The van der Waals surface area contributed by atoms with Crippen LogP contribution in [0, 0.1) is 0 Å². The quantitative estimate of drug-likeness (QED) is 0.346. The second-order valence-electron chi connectivity index (χ2n) is 9.28. The van der Waals surface area contributed by atoms with E-state index in [2.05, 4.69) is 25.9 Å². The lowest BCUT2D eigenvalue weighted by atomic mass is 10.1. The molecule has 2 aliphatic rings. The predicted molar refractivity (Wildman–Crippen MR) is 136 cm³/mol. The third-order valence-corrected chi connectivity index (χ3v) is 6.72. The Hall–Kier alpha value is -4.73. The van der Waals surface area contributed by atoms with Gasteiger partial charge in [0.05, 0.1) is 18.8 Å². The van der Waals surface area contributed by atoms with E-state index >= 15 is 0 Å². The summed E-state index contributed by atoms with van der Waals surface area (Å²) >= 11 is 0. The van der Waals surface area contributed by atoms with Crippen molar-refractivity contribution >= 4 is 28.3 Å². The van der Waals surface area contributed by atoms with Gasteiger partial charge in [-0.05, 0) is 71.8 Å². The van der Waals surface area contributed by atoms with Gasteiger partial charge < -0.3 is 14.2 Å². The number of rotatable bonds is 7. The molecule has 0 radical (unpaired) electrons. The molecule has 4 heterocycles. The second-order valence-corrected chi connectivity index (χ2v) is 9.28. The highest BCUT2D eigenvalue weighted by atomic mass is 16.3. The summed E-state index contributed by atoms with van der Waals surface area (Å²) in [5.41, 5.74) is 3.25. The smallest absolute Gasteiger partial charge is 0.262 e. The zero-order valence-electron chi connectivity index (χ0n) is 19.8. The maximum Gasteiger partial charge on any atom is 0.262 e. The number of nitrogens with one attached hydrogen (secondary N) is 1. The number of furan rings is 2. The van der Waals surface area contributed by atoms with E-state index < -0.39 is 0 Å². The Morgan fingerprint density at radius 3 is 2.70 bits per heavy atom. The van der Waals surface area contributed by atoms with Crippen LogP contribution in [-0.4, -0.2) is 43.4 Å². The predicted octanol–water partition coefficient (Wildman–Crippen LogP) is 4.80. The molecule has 10 nitrogen and oxygen atoms in total. The first kappa shape index (κ1) is 21.5. The van der Waals surface area contributed by atoms with Crippen LogP contribution < -0.4 is 5.32 Å². The molecule has 1 saturated carbocycles. The molecule has 5 aromatic rings. The SMILES string of the molecule is O=C(CNc1ccc(-c2nnnn2C2CC2)cc1)N1N=C(c2cc3ccccc3o2)CC1c1ccco1. The molecule has 2 aromatic carbocycles. The van der Waals surface area contributed by atoms with Crippen LogP contribution in [0.1, 0.15) is 42.9 Å². The largest absolute Gasteiger partial charge is 0.467 e. The van der Waals surface area contributed by atoms with Crippen LogP contribution in [0.4, 0.5) is 5.69 Å². The van der Waals surface area contributed by atoms with Gasteiger partial charge in [0, 0.05) is 23.1 Å². The number of hydrogen-bond donors (Lipinski definition) is 1. The van der Waals surface area contributed by atoms with Crippen LogP contribution in [0.25, 0.3) is 22.4 Å². The molecule has 1 N–H and O–H groups in total. The highest BCUT2D eigenvalue weighted by Crippen LogP contribution is 2.37. The molecule has 10 heteroatoms. The van der Waals surface area contributed by atoms with Crippen LogP contribution in [0.2, 0.25) is 0 Å². The van der Waals surface area contributed by atoms with E-state index in [1.54, 1.807) is 6.26 Å². The number of hydrazone groups is 1. The number of carbonyl (C=O) groups excluding carboxylic acids is 1. The molecule has 184 valence electrons. The first-order chi connectivity index (χ1) is 18.2. The Labute approximate surface area is 211 Å². The number of aromatic nitrogens is 4. The van der Waals surface area contributed by atoms with Gasteiger partial charge in [-0.1, -0.05) is 18.2 Å². The summed E-state index contributed by atoms with van der Waals surface area (Å²) < 4.78 is 13.5. The Balaban J connectivity index is 1.08. The number of fused-ring (bicyclic) bond motifs is 1. The minimum Gasteiger partial charge on any atom is -0.467 e. The second kappa shape index (κ2) is 8.74. The fourth-order valence-electron chi connectivity index (χ4n) is 4.66. The number of hydrogen-bond acceptors (Lipinski definition) is 8. The fourth-order valence-corrected chi connectivity index (χ4v) is 4.66. The van der Waals surface area contributed by atoms with Crippen LogP contribution in [0.15, 0.2) is 86.9 Å². The number of anilines is 1. The molecular formula is C27H23N7O3. The van der Waals surface area contributed by atoms with E-state index in [9.17, 15) is 4.79 Å². The summed E-state index contributed by atoms with van der Waals surface area (Å²) in [5, 5.41) is 22.5. The number of para-hydroxylation sites is 1. The maximum atomic E-state index is 13.3. The average molecular weight is 494 g/mol. The van der Waals surface area contributed by atoms with Crippen molar-refractivity contribution in [3.8, 4) is 11.4 Å². The molecule has 0 bridgehead atoms. The Morgan fingerprint density at radius 2 is 1.92 bits per heavy atom. The third-order valence-electron chi connectivity index (χ3n) is 6.72. The summed E-state index contributed by atoms with van der Waals surface area (Å²) in [7, 11) is 0. The highest BCUT2D eigenvalue weighted by Gasteiger charge is 2.36. The Kier molecular flexibility index (Phi) is 5.09. The van der Waals surface area contributed by atoms with Crippen LogP contribution in [0.3, 0.4) is 0 Å². The molecule has 0 saturated heterocycles. The third kappa shape index (κ3) is 4.06. The van der Waals surface area contributed by atoms with Gasteiger partial charge in [-0.2, -0.15) is 5.10 Å². The zero-order chi connectivity index (χ0) is 24.8. The van der Waals surface area contributed by atoms with E-state index in [4.69, 9.17) is 8.83 Å². The lowest BCUT2D eigenvalue weighted by molar-refractivity contribution is -0.131. The van der Waals surface area contributed by atoms with E-state index in [-0.39, 0.29) is 18.5 Å². The first-order valence-corrected chi connectivity index (χ1v) is 12.3. The van der Waals surface area contributed by atoms with E-state index in [1.807, 2.05) is 71.4 Å². The normalized spacial score (nSPS) is 17.4. The minimum atomic E-state index is -0.337. The molecule has 1 aliphatic heterocycles. The van der Waals surface area contributed by atoms with Gasteiger partial charge in [0.2, 0.25) is 0 Å². The van der Waals surface area contributed by atoms with E-state index in [1.165, 1.54) is 5.01 Å². The summed E-state index contributed by atoms with van der Waals surface area (Å²) in [5.74, 6) is 1.93. The van der Waals surface area contributed by atoms with Gasteiger partial charge >= 0.3 is 0 Å². The van der Waals surface area contributed by atoms with Crippen LogP contribution in [-0.2, 0) is 4.79 Å². The van der Waals surface area contributed by atoms with E-state index in [0.29, 0.717) is 29.7 Å². The van der Waals surface area contributed by atoms with Crippen molar-refractivity contribution in [1.29, 1.82) is 0 Å². The molecule has 0 spiro atoms. The zero-order valence-corrected chi connectivity index (χ0v) is 19.8. The van der Waals surface area contributed by atoms with Crippen molar-refractivity contribution in [2.75, 3.05) is 11.9 Å². The molecule has 3 aromatic heterocycles. The van der Waals surface area contributed by atoms with Gasteiger partial charge in [-0.3, -0.25) is 4.79 Å². The van der Waals surface area contributed by atoms with Crippen molar-refractivity contribution in [3.05, 3.63) is 84.5 Å². The molecule has 1 atom stereocenters. The Bertz CT molecular complexity index is 1560. The van der Waals surface area contributed by atoms with Crippen molar-refractivity contribution in [3.63, 3.8) is 0 Å². The molecule has 1 amide bonds. The molecule has 7 rings (SSSR count). The standard InChI is InChI=1S/C27H23N7O3/c35-26(16-28-19-9-7-17(8-10-19)27-29-31-32-33(27)20-11-12-20)34-22(24-6-3-13-36-24)15-21(30-34)25-14-18-4-1-2-5-23(18)37-25/h1-10,13-14,20,22,28H,11-12,15-16H2. The van der Waals surface area contributed by atoms with Crippen LogP contribution in [0.5, 0.6) is 0 Å². The number of amides is 1. The van der Waals surface area contributed by atoms with Crippen molar-refractivity contribution in [2.45, 2.75) is 31.3 Å². The van der Waals surface area contributed by atoms with Gasteiger partial charge in [-0.15, -0.1) is 5.10 Å². The average Bonchev–Trinajstić information content (AvgIpc) is 3.40. The number of carbonyl (C=O) groups is 1. The van der Waals surface area contributed by atoms with Gasteiger partial charge in [0.25, 0.3) is 5.91 Å². The van der Waals surface area contributed by atoms with Crippen molar-refractivity contribution in [1.82, 2.24) is 25.2 Å². The van der Waals surface area contributed by atoms with Gasteiger partial charge in [0.1, 0.15) is 23.1 Å². The van der Waals surface area contributed by atoms with Crippen LogP contribution >= 0.6 is 0 Å². The maximum absolute atomic E-state index is 13.3. The molecule has 1 aliphatic carbocycles. The van der Waals surface area contributed by atoms with E-state index in [0.717, 1.165) is 40.9 Å². The lowest BCUT2D eigenvalue weighted by Gasteiger charge is -2.20. The molecular weight excluding hydrogens is 470 g/mol. The van der Waals surface area contributed by atoms with Gasteiger partial charge in [-0.25, -0.2) is 9.69 Å². The van der Waals surface area contributed by atoms with Gasteiger partial charge in [0.15, 0.2) is 11.6 Å². The van der Waals surface area contributed by atoms with Crippen molar-refractivity contribution < 1.29 is 13.6 Å². The number of tetrazole rings is 1. The van der Waals surface area contributed by atoms with Crippen molar-refractivity contribution in [2.24, 2.45) is 5.10 Å². The number of benzene rings is 2. The molecule has 1 fully saturated rings. The summed E-state index contributed by atoms with van der Waals surface area (Å²) in [6.45, 7) is 0.0767. The lowest BCUT2D eigenvalue weighted by Crippen LogP contribution is -2.32.